The van der Waals surface area contributed by atoms with Crippen molar-refractivity contribution in [1.29, 1.82) is 0 Å². The summed E-state index contributed by atoms with van der Waals surface area (Å²) >= 11 is 3.42. The third-order valence-corrected chi connectivity index (χ3v) is 4.55. The van der Waals surface area contributed by atoms with Gasteiger partial charge in [0.2, 0.25) is 0 Å². The third kappa shape index (κ3) is 3.94. The van der Waals surface area contributed by atoms with Crippen LogP contribution in [0, 0.1) is 0 Å². The summed E-state index contributed by atoms with van der Waals surface area (Å²) in [4.78, 5) is 19.0. The number of pyridine rings is 1. The second-order valence-corrected chi connectivity index (χ2v) is 6.67. The molecule has 1 aromatic heterocycles. The fourth-order valence-electron chi connectivity index (χ4n) is 2.87. The first-order chi connectivity index (χ1) is 11.6. The van der Waals surface area contributed by atoms with Crippen molar-refractivity contribution in [1.82, 2.24) is 15.2 Å². The Morgan fingerprint density at radius 3 is 3.04 bits per heavy atom. The topological polar surface area (TPSA) is 54.5 Å². The average molecular weight is 390 g/mol. The van der Waals surface area contributed by atoms with Gasteiger partial charge in [-0.05, 0) is 36.8 Å². The minimum Gasteiger partial charge on any atom is -0.481 e. The summed E-state index contributed by atoms with van der Waals surface area (Å²) in [5.74, 6) is 0.670. The molecule has 0 aliphatic carbocycles. The average Bonchev–Trinajstić information content (AvgIpc) is 2.62. The molecular formula is C18H20BrN3O2. The molecule has 0 saturated carbocycles. The number of carbonyl (C=O) groups is 1. The van der Waals surface area contributed by atoms with Crippen LogP contribution >= 0.6 is 15.9 Å². The molecule has 1 amide bonds. The lowest BCUT2D eigenvalue weighted by molar-refractivity contribution is -0.141. The standard InChI is InChI=1S/C18H20BrN3O2/c1-13(24-16-6-2-5-15(19)10-16)18(23)22-9-8-21-12-17(22)14-4-3-7-20-11-14/h2-7,10-11,13,17,21H,8-9,12H2,1H3. The van der Waals surface area contributed by atoms with Gasteiger partial charge in [-0.15, -0.1) is 0 Å². The second kappa shape index (κ2) is 7.77. The minimum absolute atomic E-state index is 0.00896. The molecule has 2 heterocycles. The fourth-order valence-corrected chi connectivity index (χ4v) is 3.25. The van der Waals surface area contributed by atoms with Crippen molar-refractivity contribution in [2.75, 3.05) is 19.6 Å². The highest BCUT2D eigenvalue weighted by molar-refractivity contribution is 9.10. The lowest BCUT2D eigenvalue weighted by Crippen LogP contribution is -2.52. The number of rotatable bonds is 4. The SMILES string of the molecule is CC(Oc1cccc(Br)c1)C(=O)N1CCNCC1c1cccnc1. The maximum atomic E-state index is 12.9. The Balaban J connectivity index is 1.74. The van der Waals surface area contributed by atoms with Gasteiger partial charge in [0.25, 0.3) is 5.91 Å². The lowest BCUT2D eigenvalue weighted by Gasteiger charge is -2.37. The van der Waals surface area contributed by atoms with Gasteiger partial charge in [-0.3, -0.25) is 9.78 Å². The largest absolute Gasteiger partial charge is 0.481 e. The van der Waals surface area contributed by atoms with E-state index in [-0.39, 0.29) is 11.9 Å². The summed E-state index contributed by atoms with van der Waals surface area (Å²) in [6.07, 6.45) is 3.01. The van der Waals surface area contributed by atoms with Gasteiger partial charge in [0.05, 0.1) is 6.04 Å². The van der Waals surface area contributed by atoms with Gasteiger partial charge in [0.15, 0.2) is 6.10 Å². The highest BCUT2D eigenvalue weighted by atomic mass is 79.9. The summed E-state index contributed by atoms with van der Waals surface area (Å²) in [5.41, 5.74) is 1.03. The number of nitrogens with zero attached hydrogens (tertiary/aromatic N) is 2. The third-order valence-electron chi connectivity index (χ3n) is 4.05. The molecule has 0 radical (unpaired) electrons. The van der Waals surface area contributed by atoms with Crippen LogP contribution in [0.1, 0.15) is 18.5 Å². The summed E-state index contributed by atoms with van der Waals surface area (Å²) in [6, 6.07) is 11.4. The van der Waals surface area contributed by atoms with Gasteiger partial charge in [-0.1, -0.05) is 28.1 Å². The summed E-state index contributed by atoms with van der Waals surface area (Å²) in [6.45, 7) is 3.96. The first kappa shape index (κ1) is 16.9. The zero-order chi connectivity index (χ0) is 16.9. The first-order valence-corrected chi connectivity index (χ1v) is 8.78. The molecule has 6 heteroatoms. The molecule has 1 aliphatic heterocycles. The van der Waals surface area contributed by atoms with E-state index in [4.69, 9.17) is 4.74 Å². The van der Waals surface area contributed by atoms with Crippen LogP contribution in [0.3, 0.4) is 0 Å². The predicted octanol–water partition coefficient (Wildman–Crippen LogP) is 2.78. The Labute approximate surface area is 150 Å². The number of piperazine rings is 1. The van der Waals surface area contributed by atoms with Crippen LogP contribution in [-0.2, 0) is 4.79 Å². The monoisotopic (exact) mass is 389 g/mol. The Morgan fingerprint density at radius 2 is 2.29 bits per heavy atom. The molecule has 1 N–H and O–H groups in total. The van der Waals surface area contributed by atoms with Gasteiger partial charge >= 0.3 is 0 Å². The highest BCUT2D eigenvalue weighted by Gasteiger charge is 2.31. The van der Waals surface area contributed by atoms with Crippen molar-refractivity contribution in [3.8, 4) is 5.75 Å². The summed E-state index contributed by atoms with van der Waals surface area (Å²) in [7, 11) is 0. The predicted molar refractivity (Wildman–Crippen MR) is 95.8 cm³/mol. The van der Waals surface area contributed by atoms with E-state index in [0.717, 1.165) is 23.1 Å². The number of ether oxygens (including phenoxy) is 1. The fraction of sp³-hybridized carbons (Fsp3) is 0.333. The van der Waals surface area contributed by atoms with Crippen LogP contribution in [0.15, 0.2) is 53.3 Å². The first-order valence-electron chi connectivity index (χ1n) is 7.98. The highest BCUT2D eigenvalue weighted by Crippen LogP contribution is 2.24. The van der Waals surface area contributed by atoms with E-state index in [1.807, 2.05) is 47.5 Å². The molecule has 0 spiro atoms. The second-order valence-electron chi connectivity index (χ2n) is 5.76. The maximum Gasteiger partial charge on any atom is 0.263 e. The van der Waals surface area contributed by atoms with Gasteiger partial charge in [-0.25, -0.2) is 0 Å². The molecule has 126 valence electrons. The minimum atomic E-state index is -0.545. The van der Waals surface area contributed by atoms with Crippen LogP contribution in [0.2, 0.25) is 0 Å². The molecule has 2 unspecified atom stereocenters. The van der Waals surface area contributed by atoms with Crippen LogP contribution in [0.5, 0.6) is 5.75 Å². The van der Waals surface area contributed by atoms with E-state index < -0.39 is 6.10 Å². The van der Waals surface area contributed by atoms with Crippen molar-refractivity contribution in [3.05, 3.63) is 58.8 Å². The van der Waals surface area contributed by atoms with Gasteiger partial charge < -0.3 is 15.0 Å². The van der Waals surface area contributed by atoms with Crippen LogP contribution < -0.4 is 10.1 Å². The van der Waals surface area contributed by atoms with E-state index in [2.05, 4.69) is 26.2 Å². The van der Waals surface area contributed by atoms with E-state index in [1.165, 1.54) is 0 Å². The van der Waals surface area contributed by atoms with Crippen LogP contribution in [-0.4, -0.2) is 41.5 Å². The van der Waals surface area contributed by atoms with E-state index in [1.54, 1.807) is 13.1 Å². The molecule has 5 nitrogen and oxygen atoms in total. The number of amides is 1. The smallest absolute Gasteiger partial charge is 0.263 e. The summed E-state index contributed by atoms with van der Waals surface area (Å²) < 4.78 is 6.76. The molecule has 0 bridgehead atoms. The van der Waals surface area contributed by atoms with Gasteiger partial charge in [0.1, 0.15) is 5.75 Å². The van der Waals surface area contributed by atoms with E-state index >= 15 is 0 Å². The Morgan fingerprint density at radius 1 is 1.42 bits per heavy atom. The van der Waals surface area contributed by atoms with Crippen molar-refractivity contribution in [3.63, 3.8) is 0 Å². The van der Waals surface area contributed by atoms with E-state index in [9.17, 15) is 4.79 Å². The number of nitrogens with one attached hydrogen (secondary N) is 1. The lowest BCUT2D eigenvalue weighted by atomic mass is 10.0. The van der Waals surface area contributed by atoms with E-state index in [0.29, 0.717) is 12.3 Å². The molecule has 1 aromatic carbocycles. The van der Waals surface area contributed by atoms with Crippen molar-refractivity contribution < 1.29 is 9.53 Å². The Kier molecular flexibility index (Phi) is 5.48. The van der Waals surface area contributed by atoms with Crippen LogP contribution in [0.4, 0.5) is 0 Å². The quantitative estimate of drug-likeness (QED) is 0.873. The Hall–Kier alpha value is -1.92. The zero-order valence-corrected chi connectivity index (χ0v) is 15.1. The number of hydrogen-bond donors (Lipinski definition) is 1. The molecule has 2 aromatic rings. The molecule has 3 rings (SSSR count). The maximum absolute atomic E-state index is 12.9. The normalized spacial score (nSPS) is 18.9. The van der Waals surface area contributed by atoms with Gasteiger partial charge in [-0.2, -0.15) is 0 Å². The number of hydrogen-bond acceptors (Lipinski definition) is 4. The molecule has 24 heavy (non-hydrogen) atoms. The summed E-state index contributed by atoms with van der Waals surface area (Å²) in [5, 5.41) is 3.35. The molecule has 1 saturated heterocycles. The molecule has 1 fully saturated rings. The molecule has 1 aliphatic rings. The van der Waals surface area contributed by atoms with Crippen molar-refractivity contribution in [2.24, 2.45) is 0 Å². The molecule has 2 atom stereocenters. The molecular weight excluding hydrogens is 370 g/mol. The zero-order valence-electron chi connectivity index (χ0n) is 13.5. The number of aromatic nitrogens is 1. The van der Waals surface area contributed by atoms with Gasteiger partial charge in [0, 0.05) is 36.5 Å². The number of carbonyl (C=O) groups excluding carboxylic acids is 1. The Bertz CT molecular complexity index is 696. The number of halogens is 1. The number of benzene rings is 1. The van der Waals surface area contributed by atoms with Crippen molar-refractivity contribution in [2.45, 2.75) is 19.1 Å². The van der Waals surface area contributed by atoms with Crippen LogP contribution in [0.25, 0.3) is 0 Å². The van der Waals surface area contributed by atoms with Crippen molar-refractivity contribution >= 4 is 21.8 Å².